The molecule has 2 atom stereocenters. The van der Waals surface area contributed by atoms with E-state index in [1.165, 1.54) is 270 Å². The number of amides is 1. The van der Waals surface area contributed by atoms with E-state index in [-0.39, 0.29) is 18.5 Å². The van der Waals surface area contributed by atoms with Crippen molar-refractivity contribution < 1.29 is 24.5 Å². The van der Waals surface area contributed by atoms with Crippen molar-refractivity contribution >= 4 is 11.9 Å². The lowest BCUT2D eigenvalue weighted by Crippen LogP contribution is -2.45. The minimum absolute atomic E-state index is 0.0163. The van der Waals surface area contributed by atoms with Crippen LogP contribution in [0.2, 0.25) is 0 Å². The summed E-state index contributed by atoms with van der Waals surface area (Å²) >= 11 is 0. The Morgan fingerprint density at radius 3 is 1.04 bits per heavy atom. The summed E-state index contributed by atoms with van der Waals surface area (Å²) < 4.78 is 5.48. The molecule has 0 spiro atoms. The molecule has 0 heterocycles. The van der Waals surface area contributed by atoms with E-state index in [9.17, 15) is 19.8 Å². The normalized spacial score (nSPS) is 12.7. The van der Waals surface area contributed by atoms with Crippen LogP contribution < -0.4 is 5.32 Å². The Morgan fingerprint density at radius 2 is 0.691 bits per heavy atom. The van der Waals surface area contributed by atoms with Crippen LogP contribution in [0.15, 0.2) is 24.3 Å². The summed E-state index contributed by atoms with van der Waals surface area (Å²) in [6.45, 7) is 4.91. The number of ether oxygens (including phenoxy) is 1. The van der Waals surface area contributed by atoms with E-state index in [1.807, 2.05) is 6.08 Å². The van der Waals surface area contributed by atoms with Gasteiger partial charge in [0.1, 0.15) is 0 Å². The number of aliphatic hydroxyl groups excluding tert-OH is 2. The molecular formula is C62H119NO5. The van der Waals surface area contributed by atoms with E-state index in [0.29, 0.717) is 19.4 Å². The molecule has 0 aliphatic rings. The molecule has 0 rings (SSSR count). The van der Waals surface area contributed by atoms with Gasteiger partial charge in [0.05, 0.1) is 25.4 Å². The number of carbonyl (C=O) groups excluding carboxylic acids is 2. The molecule has 3 N–H and O–H groups in total. The molecule has 6 heteroatoms. The predicted octanol–water partition coefficient (Wildman–Crippen LogP) is 19.0. The zero-order valence-electron chi connectivity index (χ0n) is 45.9. The van der Waals surface area contributed by atoms with Crippen LogP contribution in [0.1, 0.15) is 335 Å². The van der Waals surface area contributed by atoms with Crippen LogP contribution in [0, 0.1) is 0 Å². The topological polar surface area (TPSA) is 95.9 Å². The lowest BCUT2D eigenvalue weighted by atomic mass is 10.0. The van der Waals surface area contributed by atoms with Crippen molar-refractivity contribution in [2.45, 2.75) is 347 Å². The van der Waals surface area contributed by atoms with E-state index < -0.39 is 12.1 Å². The van der Waals surface area contributed by atoms with Gasteiger partial charge in [-0.2, -0.15) is 0 Å². The third-order valence-electron chi connectivity index (χ3n) is 14.2. The van der Waals surface area contributed by atoms with Gasteiger partial charge in [-0.25, -0.2) is 0 Å². The fourth-order valence-electron chi connectivity index (χ4n) is 9.51. The highest BCUT2D eigenvalue weighted by molar-refractivity contribution is 5.76. The van der Waals surface area contributed by atoms with Gasteiger partial charge in [-0.3, -0.25) is 9.59 Å². The number of rotatable bonds is 57. The summed E-state index contributed by atoms with van der Waals surface area (Å²) in [5.74, 6) is -0.0540. The maximum atomic E-state index is 12.4. The van der Waals surface area contributed by atoms with Gasteiger partial charge >= 0.3 is 5.97 Å². The van der Waals surface area contributed by atoms with Crippen LogP contribution >= 0.6 is 0 Å². The summed E-state index contributed by atoms with van der Waals surface area (Å²) in [5, 5.41) is 23.0. The maximum Gasteiger partial charge on any atom is 0.305 e. The summed E-state index contributed by atoms with van der Waals surface area (Å²) in [4.78, 5) is 24.5. The molecule has 0 aromatic heterocycles. The molecule has 0 radical (unpaired) electrons. The first-order chi connectivity index (χ1) is 33.5. The van der Waals surface area contributed by atoms with Crippen LogP contribution in [0.25, 0.3) is 0 Å². The number of allylic oxidation sites excluding steroid dienone is 3. The molecule has 0 aliphatic carbocycles. The summed E-state index contributed by atoms with van der Waals surface area (Å²) in [6, 6.07) is -0.627. The molecule has 0 saturated heterocycles. The zero-order valence-corrected chi connectivity index (χ0v) is 45.9. The van der Waals surface area contributed by atoms with Crippen molar-refractivity contribution in [3.63, 3.8) is 0 Å². The van der Waals surface area contributed by atoms with Gasteiger partial charge in [0.25, 0.3) is 0 Å². The Bertz CT molecular complexity index is 1060. The molecule has 6 nitrogen and oxygen atoms in total. The number of unbranched alkanes of at least 4 members (excludes halogenated alkanes) is 44. The van der Waals surface area contributed by atoms with E-state index in [1.54, 1.807) is 6.08 Å². The molecule has 0 fully saturated rings. The Kier molecular flexibility index (Phi) is 56.5. The molecule has 0 aromatic carbocycles. The van der Waals surface area contributed by atoms with Gasteiger partial charge in [0.15, 0.2) is 0 Å². The first-order valence-corrected chi connectivity index (χ1v) is 30.6. The highest BCUT2D eigenvalue weighted by Crippen LogP contribution is 2.17. The molecule has 0 aliphatic heterocycles. The van der Waals surface area contributed by atoms with E-state index in [2.05, 4.69) is 31.3 Å². The Labute approximate surface area is 424 Å². The zero-order chi connectivity index (χ0) is 49.3. The van der Waals surface area contributed by atoms with Crippen molar-refractivity contribution in [1.82, 2.24) is 5.32 Å². The van der Waals surface area contributed by atoms with Crippen LogP contribution in [-0.2, 0) is 14.3 Å². The number of aliphatic hydroxyl groups is 2. The van der Waals surface area contributed by atoms with Gasteiger partial charge < -0.3 is 20.3 Å². The van der Waals surface area contributed by atoms with E-state index >= 15 is 0 Å². The van der Waals surface area contributed by atoms with Crippen molar-refractivity contribution in [1.29, 1.82) is 0 Å². The second-order valence-electron chi connectivity index (χ2n) is 21.0. The summed E-state index contributed by atoms with van der Waals surface area (Å²) in [5.41, 5.74) is 0. The average molecular weight is 959 g/mol. The quantitative estimate of drug-likeness (QED) is 0.0321. The van der Waals surface area contributed by atoms with E-state index in [0.717, 1.165) is 38.5 Å². The molecule has 0 aromatic rings. The first kappa shape index (κ1) is 66.3. The van der Waals surface area contributed by atoms with Gasteiger partial charge in [-0.05, 0) is 57.8 Å². The lowest BCUT2D eigenvalue weighted by molar-refractivity contribution is -0.143. The SMILES string of the molecule is CCCCCCCCCCC/C=C/C(O)C(CO)NC(=O)CCCCCCCCCCCC/C=C\CCCCCCCCCCCCCCOC(=O)CCCCCCCCCCCCCCCC. The maximum absolute atomic E-state index is 12.4. The first-order valence-electron chi connectivity index (χ1n) is 30.6. The lowest BCUT2D eigenvalue weighted by Gasteiger charge is -2.20. The Morgan fingerprint density at radius 1 is 0.397 bits per heavy atom. The fourth-order valence-corrected chi connectivity index (χ4v) is 9.51. The highest BCUT2D eigenvalue weighted by Gasteiger charge is 2.18. The number of esters is 1. The fraction of sp³-hybridized carbons (Fsp3) is 0.903. The minimum Gasteiger partial charge on any atom is -0.466 e. The molecule has 0 saturated carbocycles. The number of hydrogen-bond acceptors (Lipinski definition) is 5. The van der Waals surface area contributed by atoms with Gasteiger partial charge in [-0.15, -0.1) is 0 Å². The largest absolute Gasteiger partial charge is 0.466 e. The van der Waals surface area contributed by atoms with Crippen LogP contribution in [0.4, 0.5) is 0 Å². The van der Waals surface area contributed by atoms with Gasteiger partial charge in [-0.1, -0.05) is 289 Å². The van der Waals surface area contributed by atoms with E-state index in [4.69, 9.17) is 4.74 Å². The van der Waals surface area contributed by atoms with Crippen LogP contribution in [0.5, 0.6) is 0 Å². The van der Waals surface area contributed by atoms with Crippen molar-refractivity contribution in [2.75, 3.05) is 13.2 Å². The van der Waals surface area contributed by atoms with Crippen molar-refractivity contribution in [3.8, 4) is 0 Å². The van der Waals surface area contributed by atoms with Crippen LogP contribution in [-0.4, -0.2) is 47.4 Å². The Hall–Kier alpha value is -1.66. The standard InChI is InChI=1S/C62H119NO5/c1-3-5-7-9-11-13-15-16-32-36-40-44-48-52-56-62(67)68-57-53-49-45-41-37-33-30-28-26-24-22-20-18-17-19-21-23-25-27-29-31-35-39-43-47-51-55-61(66)63-59(58-64)60(65)54-50-46-42-38-34-14-12-10-8-6-4-2/h17,19,50,54,59-60,64-65H,3-16,18,20-49,51-53,55-58H2,1-2H3,(H,63,66)/b19-17-,54-50+. The highest BCUT2D eigenvalue weighted by atomic mass is 16.5. The van der Waals surface area contributed by atoms with Gasteiger partial charge in [0.2, 0.25) is 5.91 Å². The monoisotopic (exact) mass is 958 g/mol. The smallest absolute Gasteiger partial charge is 0.305 e. The van der Waals surface area contributed by atoms with Crippen LogP contribution in [0.3, 0.4) is 0 Å². The van der Waals surface area contributed by atoms with Crippen molar-refractivity contribution in [2.24, 2.45) is 0 Å². The second kappa shape index (κ2) is 57.9. The average Bonchev–Trinajstić information content (AvgIpc) is 3.34. The third-order valence-corrected chi connectivity index (χ3v) is 14.2. The minimum atomic E-state index is -0.843. The molecular weight excluding hydrogens is 839 g/mol. The predicted molar refractivity (Wildman–Crippen MR) is 296 cm³/mol. The second-order valence-corrected chi connectivity index (χ2v) is 21.0. The Balaban J connectivity index is 3.38. The number of nitrogens with one attached hydrogen (secondary N) is 1. The van der Waals surface area contributed by atoms with Crippen molar-refractivity contribution in [3.05, 3.63) is 24.3 Å². The molecule has 68 heavy (non-hydrogen) atoms. The summed E-state index contributed by atoms with van der Waals surface area (Å²) in [7, 11) is 0. The molecule has 2 unspecified atom stereocenters. The number of hydrogen-bond donors (Lipinski definition) is 3. The number of carbonyl (C=O) groups is 2. The molecule has 402 valence electrons. The third kappa shape index (κ3) is 53.7. The molecule has 1 amide bonds. The summed E-state index contributed by atoms with van der Waals surface area (Å²) in [6.07, 6.45) is 70.8. The van der Waals surface area contributed by atoms with Gasteiger partial charge in [0, 0.05) is 12.8 Å². The molecule has 0 bridgehead atoms.